The molecule has 0 aromatic heterocycles. The summed E-state index contributed by atoms with van der Waals surface area (Å²) < 4.78 is 9.80. The van der Waals surface area contributed by atoms with Gasteiger partial charge in [-0.15, -0.1) is 6.42 Å². The van der Waals surface area contributed by atoms with Crippen molar-refractivity contribution < 1.29 is 19.1 Å². The number of carbonyl (C=O) groups is 2. The SMILES string of the molecule is C#CCOC(=O)CCCC(C)C(=O)OCCCCC#N. The third kappa shape index (κ3) is 9.96. The van der Waals surface area contributed by atoms with Gasteiger partial charge in [0.15, 0.2) is 6.61 Å². The van der Waals surface area contributed by atoms with Crippen molar-refractivity contribution in [2.24, 2.45) is 5.92 Å². The van der Waals surface area contributed by atoms with Gasteiger partial charge in [0.1, 0.15) is 0 Å². The number of hydrogen-bond donors (Lipinski definition) is 0. The van der Waals surface area contributed by atoms with Crippen LogP contribution >= 0.6 is 0 Å². The van der Waals surface area contributed by atoms with Gasteiger partial charge in [-0.1, -0.05) is 12.8 Å². The fourth-order valence-electron chi connectivity index (χ4n) is 1.49. The van der Waals surface area contributed by atoms with E-state index in [2.05, 4.69) is 5.92 Å². The summed E-state index contributed by atoms with van der Waals surface area (Å²) >= 11 is 0. The van der Waals surface area contributed by atoms with Crippen molar-refractivity contribution in [3.05, 3.63) is 0 Å². The number of carbonyl (C=O) groups excluding carboxylic acids is 2. The number of terminal acetylenes is 1. The molecule has 0 N–H and O–H groups in total. The minimum atomic E-state index is -0.347. The lowest BCUT2D eigenvalue weighted by atomic mass is 10.0. The van der Waals surface area contributed by atoms with Gasteiger partial charge >= 0.3 is 11.9 Å². The van der Waals surface area contributed by atoms with Crippen molar-refractivity contribution in [3.8, 4) is 18.4 Å². The zero-order valence-electron chi connectivity index (χ0n) is 11.9. The number of nitriles is 1. The molecule has 0 radical (unpaired) electrons. The largest absolute Gasteiger partial charge is 0.465 e. The number of esters is 2. The normalized spacial score (nSPS) is 10.9. The summed E-state index contributed by atoms with van der Waals surface area (Å²) in [4.78, 5) is 22.8. The highest BCUT2D eigenvalue weighted by Gasteiger charge is 2.14. The third-order valence-corrected chi connectivity index (χ3v) is 2.66. The molecule has 1 atom stereocenters. The van der Waals surface area contributed by atoms with Gasteiger partial charge in [0.05, 0.1) is 18.6 Å². The lowest BCUT2D eigenvalue weighted by Crippen LogP contribution is -2.16. The monoisotopic (exact) mass is 279 g/mol. The number of unbranched alkanes of at least 4 members (excludes halogenated alkanes) is 2. The van der Waals surface area contributed by atoms with Crippen LogP contribution in [-0.4, -0.2) is 25.2 Å². The Morgan fingerprint density at radius 1 is 1.25 bits per heavy atom. The average Bonchev–Trinajstić information content (AvgIpc) is 2.44. The molecule has 5 heteroatoms. The number of rotatable bonds is 10. The Bertz CT molecular complexity index is 378. The quantitative estimate of drug-likeness (QED) is 0.348. The fourth-order valence-corrected chi connectivity index (χ4v) is 1.49. The zero-order valence-corrected chi connectivity index (χ0v) is 11.9. The van der Waals surface area contributed by atoms with Gasteiger partial charge in [-0.05, 0) is 25.7 Å². The van der Waals surface area contributed by atoms with E-state index in [-0.39, 0.29) is 30.9 Å². The first-order valence-corrected chi connectivity index (χ1v) is 6.74. The first kappa shape index (κ1) is 18.0. The Labute approximate surface area is 120 Å². The molecule has 0 saturated carbocycles. The van der Waals surface area contributed by atoms with Crippen LogP contribution < -0.4 is 0 Å². The molecule has 0 saturated heterocycles. The first-order valence-electron chi connectivity index (χ1n) is 6.74. The van der Waals surface area contributed by atoms with Gasteiger partial charge in [-0.25, -0.2) is 0 Å². The van der Waals surface area contributed by atoms with Gasteiger partial charge in [0.2, 0.25) is 0 Å². The highest BCUT2D eigenvalue weighted by Crippen LogP contribution is 2.11. The summed E-state index contributed by atoms with van der Waals surface area (Å²) in [6, 6.07) is 2.04. The Hall–Kier alpha value is -2.01. The molecule has 0 bridgehead atoms. The molecular formula is C15H21NO4. The van der Waals surface area contributed by atoms with Gasteiger partial charge < -0.3 is 9.47 Å². The summed E-state index contributed by atoms with van der Waals surface area (Å²) in [5.74, 6) is 1.36. The number of nitrogens with zero attached hydrogens (tertiary/aromatic N) is 1. The van der Waals surface area contributed by atoms with Crippen LogP contribution in [0.5, 0.6) is 0 Å². The van der Waals surface area contributed by atoms with Gasteiger partial charge in [-0.3, -0.25) is 9.59 Å². The van der Waals surface area contributed by atoms with Crippen LogP contribution in [0.25, 0.3) is 0 Å². The number of ether oxygens (including phenoxy) is 2. The lowest BCUT2D eigenvalue weighted by Gasteiger charge is -2.10. The summed E-state index contributed by atoms with van der Waals surface area (Å²) in [5.41, 5.74) is 0. The van der Waals surface area contributed by atoms with Crippen molar-refractivity contribution in [1.82, 2.24) is 0 Å². The molecule has 0 fully saturated rings. The summed E-state index contributed by atoms with van der Waals surface area (Å²) in [6.07, 6.45) is 8.26. The van der Waals surface area contributed by atoms with E-state index in [9.17, 15) is 9.59 Å². The molecule has 0 aromatic rings. The molecule has 5 nitrogen and oxygen atoms in total. The van der Waals surface area contributed by atoms with Crippen molar-refractivity contribution in [2.75, 3.05) is 13.2 Å². The van der Waals surface area contributed by atoms with E-state index in [1.807, 2.05) is 6.07 Å². The van der Waals surface area contributed by atoms with Crippen molar-refractivity contribution in [1.29, 1.82) is 5.26 Å². The minimum absolute atomic E-state index is 0.0148. The van der Waals surface area contributed by atoms with E-state index in [0.717, 1.165) is 6.42 Å². The molecule has 0 aliphatic rings. The predicted molar refractivity (Wildman–Crippen MR) is 73.2 cm³/mol. The standard InChI is InChI=1S/C15H21NO4/c1-3-11-19-14(17)9-7-8-13(2)15(18)20-12-6-4-5-10-16/h1,13H,4-9,11-12H2,2H3. The highest BCUT2D eigenvalue weighted by molar-refractivity contribution is 5.72. The van der Waals surface area contributed by atoms with Gasteiger partial charge in [-0.2, -0.15) is 5.26 Å². The Kier molecular flexibility index (Phi) is 10.8. The van der Waals surface area contributed by atoms with Crippen molar-refractivity contribution in [2.45, 2.75) is 45.4 Å². The van der Waals surface area contributed by atoms with Crippen LogP contribution in [0.2, 0.25) is 0 Å². The Morgan fingerprint density at radius 2 is 2.00 bits per heavy atom. The highest BCUT2D eigenvalue weighted by atomic mass is 16.5. The second-order valence-corrected chi connectivity index (χ2v) is 4.44. The van der Waals surface area contributed by atoms with Gasteiger partial charge in [0, 0.05) is 12.8 Å². The van der Waals surface area contributed by atoms with Gasteiger partial charge in [0.25, 0.3) is 0 Å². The molecule has 110 valence electrons. The van der Waals surface area contributed by atoms with E-state index < -0.39 is 0 Å². The van der Waals surface area contributed by atoms with E-state index in [0.29, 0.717) is 32.3 Å². The minimum Gasteiger partial charge on any atom is -0.465 e. The molecule has 0 amide bonds. The molecule has 0 spiro atoms. The predicted octanol–water partition coefficient (Wildman–Crippen LogP) is 2.21. The lowest BCUT2D eigenvalue weighted by molar-refractivity contribution is -0.149. The summed E-state index contributed by atoms with van der Waals surface area (Å²) in [5, 5.41) is 8.35. The van der Waals surface area contributed by atoms with Crippen LogP contribution in [0.15, 0.2) is 0 Å². The Morgan fingerprint density at radius 3 is 2.65 bits per heavy atom. The zero-order chi connectivity index (χ0) is 15.2. The van der Waals surface area contributed by atoms with E-state index >= 15 is 0 Å². The van der Waals surface area contributed by atoms with Crippen LogP contribution in [0, 0.1) is 29.6 Å². The van der Waals surface area contributed by atoms with Crippen LogP contribution in [0.4, 0.5) is 0 Å². The van der Waals surface area contributed by atoms with Crippen LogP contribution in [0.3, 0.4) is 0 Å². The molecule has 0 aromatic carbocycles. The molecule has 0 rings (SSSR count). The maximum atomic E-state index is 11.6. The first-order chi connectivity index (χ1) is 9.61. The van der Waals surface area contributed by atoms with E-state index in [1.54, 1.807) is 6.92 Å². The molecular weight excluding hydrogens is 258 g/mol. The van der Waals surface area contributed by atoms with Crippen molar-refractivity contribution in [3.63, 3.8) is 0 Å². The summed E-state index contributed by atoms with van der Waals surface area (Å²) in [6.45, 7) is 2.10. The Balaban J connectivity index is 3.63. The molecule has 20 heavy (non-hydrogen) atoms. The van der Waals surface area contributed by atoms with Crippen LogP contribution in [-0.2, 0) is 19.1 Å². The average molecular weight is 279 g/mol. The van der Waals surface area contributed by atoms with Crippen LogP contribution in [0.1, 0.15) is 45.4 Å². The third-order valence-electron chi connectivity index (χ3n) is 2.66. The van der Waals surface area contributed by atoms with E-state index in [1.165, 1.54) is 0 Å². The van der Waals surface area contributed by atoms with Crippen molar-refractivity contribution >= 4 is 11.9 Å². The number of hydrogen-bond acceptors (Lipinski definition) is 5. The molecule has 1 unspecified atom stereocenters. The second-order valence-electron chi connectivity index (χ2n) is 4.44. The topological polar surface area (TPSA) is 76.4 Å². The fraction of sp³-hybridized carbons (Fsp3) is 0.667. The maximum absolute atomic E-state index is 11.6. The second kappa shape index (κ2) is 12.0. The molecule has 0 aliphatic carbocycles. The summed E-state index contributed by atoms with van der Waals surface area (Å²) in [7, 11) is 0. The molecule has 0 heterocycles. The smallest absolute Gasteiger partial charge is 0.308 e. The maximum Gasteiger partial charge on any atom is 0.308 e. The molecule has 0 aliphatic heterocycles. The van der Waals surface area contributed by atoms with E-state index in [4.69, 9.17) is 21.2 Å².